The Bertz CT molecular complexity index is 1770. The van der Waals surface area contributed by atoms with Gasteiger partial charge in [-0.25, -0.2) is 4.57 Å². The van der Waals surface area contributed by atoms with Crippen LogP contribution in [0.1, 0.15) is 284 Å². The Morgan fingerprint density at radius 1 is 0.439 bits per heavy atom. The molecule has 0 rings (SSSR count). The standard InChI is InChI=1S/C72H127N2O7P/c1-7-10-13-16-19-22-25-28-30-32-34-35-36-37-38-39-41-43-45-47-50-53-56-59-62-65-72(76)81-70(63-60-57-54-51-48-27-24-21-18-15-12-9-3)69(68-80-82(77,78)79-67-66-74(4,5)6)73-71(75)64-61-58-55-52-49-46-44-42-40-33-31-29-26-23-20-17-14-11-8-2/h11,14,19-20,22-23,28-31,34-35,40,42,46,49,60,63,69-70H,7-10,12-13,15-18,21,24-27,32-33,36-39,41,43-45,47-48,50-59,61-62,64-68H2,1-6H3,(H-,73,75,77,78)/p+1/b14-11-,22-19-,23-20-,30-28-,31-29-,35-34-,42-40-,49-46-,63-60-. The first-order valence-corrected chi connectivity index (χ1v) is 35.2. The molecule has 0 saturated carbocycles. The van der Waals surface area contributed by atoms with Crippen molar-refractivity contribution in [3.8, 4) is 0 Å². The Hall–Kier alpha value is -3.33. The molecule has 0 aliphatic carbocycles. The van der Waals surface area contributed by atoms with Crippen LogP contribution in [0.4, 0.5) is 0 Å². The van der Waals surface area contributed by atoms with E-state index in [2.05, 4.69) is 123 Å². The summed E-state index contributed by atoms with van der Waals surface area (Å²) in [5, 5.41) is 3.04. The second-order valence-corrected chi connectivity index (χ2v) is 25.1. The van der Waals surface area contributed by atoms with E-state index in [1.54, 1.807) is 0 Å². The normalized spacial score (nSPS) is 14.3. The van der Waals surface area contributed by atoms with Crippen LogP contribution in [0.15, 0.2) is 109 Å². The summed E-state index contributed by atoms with van der Waals surface area (Å²) in [5.41, 5.74) is 0. The quantitative estimate of drug-likeness (QED) is 0.0205. The van der Waals surface area contributed by atoms with Crippen LogP contribution in [0.5, 0.6) is 0 Å². The largest absolute Gasteiger partial charge is 0.472 e. The van der Waals surface area contributed by atoms with Gasteiger partial charge in [-0.05, 0) is 115 Å². The second-order valence-electron chi connectivity index (χ2n) is 23.6. The number of ether oxygens (including phenoxy) is 1. The maximum Gasteiger partial charge on any atom is 0.472 e. The van der Waals surface area contributed by atoms with Crippen molar-refractivity contribution in [1.82, 2.24) is 5.32 Å². The number of carbonyl (C=O) groups excluding carboxylic acids is 2. The first-order chi connectivity index (χ1) is 39.9. The Labute approximate surface area is 506 Å². The van der Waals surface area contributed by atoms with Crippen LogP contribution >= 0.6 is 7.82 Å². The fourth-order valence-electron chi connectivity index (χ4n) is 9.27. The zero-order valence-corrected chi connectivity index (χ0v) is 54.8. The molecule has 0 aromatic carbocycles. The number of hydrogen-bond donors (Lipinski definition) is 2. The Morgan fingerprint density at radius 3 is 1.21 bits per heavy atom. The van der Waals surface area contributed by atoms with Gasteiger partial charge in [0.25, 0.3) is 0 Å². The molecular weight excluding hydrogens is 1040 g/mol. The van der Waals surface area contributed by atoms with E-state index in [1.165, 1.54) is 141 Å². The molecule has 82 heavy (non-hydrogen) atoms. The maximum absolute atomic E-state index is 13.6. The molecule has 10 heteroatoms. The smallest absolute Gasteiger partial charge is 0.456 e. The third kappa shape index (κ3) is 61.2. The van der Waals surface area contributed by atoms with Crippen LogP contribution in [0, 0.1) is 0 Å². The zero-order valence-electron chi connectivity index (χ0n) is 54.0. The number of rotatable bonds is 60. The highest BCUT2D eigenvalue weighted by Gasteiger charge is 2.30. The minimum atomic E-state index is -4.47. The molecular formula is C72H128N2O7P+. The predicted molar refractivity (Wildman–Crippen MR) is 355 cm³/mol. The van der Waals surface area contributed by atoms with Gasteiger partial charge in [-0.1, -0.05) is 265 Å². The van der Waals surface area contributed by atoms with Crippen molar-refractivity contribution in [3.63, 3.8) is 0 Å². The summed E-state index contributed by atoms with van der Waals surface area (Å²) >= 11 is 0. The monoisotopic (exact) mass is 1160 g/mol. The fraction of sp³-hybridized carbons (Fsp3) is 0.722. The van der Waals surface area contributed by atoms with Crippen molar-refractivity contribution in [2.75, 3.05) is 40.9 Å². The molecule has 9 nitrogen and oxygen atoms in total. The van der Waals surface area contributed by atoms with Crippen molar-refractivity contribution in [3.05, 3.63) is 109 Å². The van der Waals surface area contributed by atoms with Crippen molar-refractivity contribution < 1.29 is 37.3 Å². The van der Waals surface area contributed by atoms with Crippen LogP contribution in [0.25, 0.3) is 0 Å². The molecule has 0 aliphatic rings. The highest BCUT2D eigenvalue weighted by molar-refractivity contribution is 7.47. The SMILES string of the molecule is CC/C=C\C/C=C\C/C=C\C/C=C\C/C=C\CCCCCC(=O)NC(COP(=O)(O)OCC[N+](C)(C)C)C(/C=C\CCCCCCCCCCCC)OC(=O)CCCCCCCCCCCCCC/C=C\C/C=C\C/C=C\CCCCC. The number of hydrogen-bond acceptors (Lipinski definition) is 6. The van der Waals surface area contributed by atoms with Gasteiger partial charge in [-0.2, -0.15) is 0 Å². The highest BCUT2D eigenvalue weighted by Crippen LogP contribution is 2.43. The number of quaternary nitrogens is 1. The first kappa shape index (κ1) is 78.7. The van der Waals surface area contributed by atoms with Crippen molar-refractivity contribution in [2.24, 2.45) is 0 Å². The average Bonchev–Trinajstić information content (AvgIpc) is 3.47. The summed E-state index contributed by atoms with van der Waals surface area (Å²) in [4.78, 5) is 37.8. The van der Waals surface area contributed by atoms with Gasteiger partial charge < -0.3 is 19.4 Å². The number of phosphoric acid groups is 1. The Balaban J connectivity index is 5.18. The van der Waals surface area contributed by atoms with Gasteiger partial charge in [0.2, 0.25) is 5.91 Å². The van der Waals surface area contributed by atoms with Gasteiger partial charge in [-0.15, -0.1) is 0 Å². The molecule has 3 unspecified atom stereocenters. The minimum Gasteiger partial charge on any atom is -0.456 e. The molecule has 0 bridgehead atoms. The summed E-state index contributed by atoms with van der Waals surface area (Å²) in [6.07, 6.45) is 83.8. The third-order valence-electron chi connectivity index (χ3n) is 14.4. The van der Waals surface area contributed by atoms with E-state index in [0.29, 0.717) is 17.4 Å². The molecule has 3 atom stereocenters. The summed E-state index contributed by atoms with van der Waals surface area (Å²) in [5.74, 6) is -0.546. The molecule has 1 amide bonds. The lowest BCUT2D eigenvalue weighted by atomic mass is 10.0. The molecule has 0 saturated heterocycles. The van der Waals surface area contributed by atoms with Crippen LogP contribution < -0.4 is 5.32 Å². The van der Waals surface area contributed by atoms with Gasteiger partial charge in [-0.3, -0.25) is 18.6 Å². The number of carbonyl (C=O) groups is 2. The van der Waals surface area contributed by atoms with Crippen LogP contribution in [-0.2, 0) is 27.9 Å². The molecule has 0 aromatic heterocycles. The van der Waals surface area contributed by atoms with E-state index < -0.39 is 20.0 Å². The molecule has 472 valence electrons. The first-order valence-electron chi connectivity index (χ1n) is 33.7. The van der Waals surface area contributed by atoms with Crippen LogP contribution in [0.3, 0.4) is 0 Å². The topological polar surface area (TPSA) is 111 Å². The molecule has 2 N–H and O–H groups in total. The molecule has 0 radical (unpaired) electrons. The molecule has 0 aliphatic heterocycles. The number of amides is 1. The zero-order chi connectivity index (χ0) is 60.0. The summed E-state index contributed by atoms with van der Waals surface area (Å²) in [6, 6.07) is -0.874. The third-order valence-corrected chi connectivity index (χ3v) is 15.4. The molecule has 0 spiro atoms. The van der Waals surface area contributed by atoms with Crippen molar-refractivity contribution in [1.29, 1.82) is 0 Å². The lowest BCUT2D eigenvalue weighted by molar-refractivity contribution is -0.870. The number of nitrogens with zero attached hydrogens (tertiary/aromatic N) is 1. The second kappa shape index (κ2) is 60.8. The van der Waals surface area contributed by atoms with Gasteiger partial charge in [0.1, 0.15) is 19.3 Å². The van der Waals surface area contributed by atoms with Crippen LogP contribution in [-0.4, -0.2) is 74.3 Å². The molecule has 0 heterocycles. The van der Waals surface area contributed by atoms with Gasteiger partial charge in [0, 0.05) is 12.8 Å². The van der Waals surface area contributed by atoms with E-state index in [4.69, 9.17) is 13.8 Å². The summed E-state index contributed by atoms with van der Waals surface area (Å²) in [7, 11) is 1.46. The van der Waals surface area contributed by atoms with E-state index in [-0.39, 0.29) is 37.9 Å². The van der Waals surface area contributed by atoms with Gasteiger partial charge >= 0.3 is 13.8 Å². The van der Waals surface area contributed by atoms with E-state index >= 15 is 0 Å². The van der Waals surface area contributed by atoms with Crippen molar-refractivity contribution >= 4 is 19.7 Å². The number of phosphoric ester groups is 1. The number of allylic oxidation sites excluding steroid dienone is 17. The predicted octanol–water partition coefficient (Wildman–Crippen LogP) is 21.3. The number of nitrogens with one attached hydrogen (secondary N) is 1. The summed E-state index contributed by atoms with van der Waals surface area (Å²) < 4.78 is 30.7. The fourth-order valence-corrected chi connectivity index (χ4v) is 10.0. The lowest BCUT2D eigenvalue weighted by Crippen LogP contribution is -2.47. The Kier molecular flexibility index (Phi) is 58.3. The van der Waals surface area contributed by atoms with Crippen molar-refractivity contribution in [2.45, 2.75) is 296 Å². The molecule has 0 fully saturated rings. The molecule has 0 aromatic rings. The van der Waals surface area contributed by atoms with E-state index in [9.17, 15) is 19.0 Å². The van der Waals surface area contributed by atoms with Gasteiger partial charge in [0.05, 0.1) is 33.8 Å². The summed E-state index contributed by atoms with van der Waals surface area (Å²) in [6.45, 7) is 6.85. The van der Waals surface area contributed by atoms with E-state index in [0.717, 1.165) is 103 Å². The number of likely N-dealkylation sites (N-methyl/N-ethyl adjacent to an activating group) is 1. The maximum atomic E-state index is 13.6. The number of unbranched alkanes of at least 4 members (excludes halogenated alkanes) is 28. The lowest BCUT2D eigenvalue weighted by Gasteiger charge is -2.27. The average molecular weight is 1160 g/mol. The Morgan fingerprint density at radius 2 is 0.780 bits per heavy atom. The minimum absolute atomic E-state index is 0.0284. The number of esters is 1. The van der Waals surface area contributed by atoms with E-state index in [1.807, 2.05) is 33.3 Å². The van der Waals surface area contributed by atoms with Crippen LogP contribution in [0.2, 0.25) is 0 Å². The van der Waals surface area contributed by atoms with Gasteiger partial charge in [0.15, 0.2) is 0 Å². The highest BCUT2D eigenvalue weighted by atomic mass is 31.2.